The lowest BCUT2D eigenvalue weighted by Crippen LogP contribution is -2.55. The van der Waals surface area contributed by atoms with Crippen LogP contribution in [-0.4, -0.2) is 63.5 Å². The van der Waals surface area contributed by atoms with Crippen LogP contribution in [0.15, 0.2) is 36.5 Å². The second-order valence-electron chi connectivity index (χ2n) is 8.10. The van der Waals surface area contributed by atoms with Gasteiger partial charge in [-0.15, -0.1) is 11.3 Å². The molecule has 4 N–H and O–H groups in total. The molecule has 2 aromatic carbocycles. The number of ether oxygens (including phenoxy) is 2. The zero-order valence-corrected chi connectivity index (χ0v) is 19.0. The summed E-state index contributed by atoms with van der Waals surface area (Å²) in [6.07, 6.45) is -1.58. The standard InChI is InChI=1S/C24H29NO6S/c1-3-6-14-11-25-19(32-14)10-13-9-17(15-7-4-5-8-16(15)23(13)30-2)24-22(29)21(28)20(27)18(12-26)31-24/h4-5,7-9,11,18,20-22,24,26-29H,3,6,10,12H2,1-2H3/t18-,20-,21+,22-,24+/m1/s1. The lowest BCUT2D eigenvalue weighted by Gasteiger charge is -2.40. The number of benzene rings is 2. The van der Waals surface area contributed by atoms with Crippen molar-refractivity contribution in [1.29, 1.82) is 0 Å². The average Bonchev–Trinajstić information content (AvgIpc) is 3.24. The summed E-state index contributed by atoms with van der Waals surface area (Å²) < 4.78 is 11.7. The fraction of sp³-hybridized carbons (Fsp3) is 0.458. The van der Waals surface area contributed by atoms with Crippen LogP contribution >= 0.6 is 11.3 Å². The van der Waals surface area contributed by atoms with Gasteiger partial charge in [-0.2, -0.15) is 0 Å². The van der Waals surface area contributed by atoms with Gasteiger partial charge in [-0.3, -0.25) is 0 Å². The third kappa shape index (κ3) is 4.26. The Morgan fingerprint density at radius 1 is 1.09 bits per heavy atom. The van der Waals surface area contributed by atoms with Gasteiger partial charge in [0, 0.05) is 28.4 Å². The fourth-order valence-corrected chi connectivity index (χ4v) is 5.41. The van der Waals surface area contributed by atoms with E-state index in [1.54, 1.807) is 18.4 Å². The minimum Gasteiger partial charge on any atom is -0.496 e. The van der Waals surface area contributed by atoms with Gasteiger partial charge in [0.15, 0.2) is 0 Å². The molecule has 1 aliphatic rings. The molecule has 5 atom stereocenters. The highest BCUT2D eigenvalue weighted by molar-refractivity contribution is 7.11. The number of aryl methyl sites for hydroxylation is 1. The summed E-state index contributed by atoms with van der Waals surface area (Å²) in [6, 6.07) is 9.55. The minimum absolute atomic E-state index is 0.471. The highest BCUT2D eigenvalue weighted by Gasteiger charge is 2.44. The minimum atomic E-state index is -1.44. The first-order valence-electron chi connectivity index (χ1n) is 10.8. The number of aliphatic hydroxyl groups excluding tert-OH is 4. The number of methoxy groups -OCH3 is 1. The molecule has 0 unspecified atom stereocenters. The lowest BCUT2D eigenvalue weighted by molar-refractivity contribution is -0.231. The molecule has 0 aliphatic carbocycles. The molecule has 8 heteroatoms. The maximum Gasteiger partial charge on any atom is 0.130 e. The van der Waals surface area contributed by atoms with E-state index >= 15 is 0 Å². The lowest BCUT2D eigenvalue weighted by atomic mass is 9.87. The molecule has 3 aromatic rings. The van der Waals surface area contributed by atoms with Crippen molar-refractivity contribution in [2.75, 3.05) is 13.7 Å². The van der Waals surface area contributed by atoms with Crippen LogP contribution in [0, 0.1) is 0 Å². The van der Waals surface area contributed by atoms with Crippen molar-refractivity contribution < 1.29 is 29.9 Å². The molecule has 1 aromatic heterocycles. The number of rotatable bonds is 7. The summed E-state index contributed by atoms with van der Waals surface area (Å²) in [6.45, 7) is 1.67. The molecule has 7 nitrogen and oxygen atoms in total. The molecule has 4 rings (SSSR count). The predicted octanol–water partition coefficient (Wildman–Crippen LogP) is 2.36. The molecule has 172 valence electrons. The number of hydrogen-bond donors (Lipinski definition) is 4. The van der Waals surface area contributed by atoms with Crippen molar-refractivity contribution >= 4 is 22.1 Å². The Morgan fingerprint density at radius 2 is 1.84 bits per heavy atom. The van der Waals surface area contributed by atoms with E-state index in [0.29, 0.717) is 12.0 Å². The third-order valence-electron chi connectivity index (χ3n) is 5.95. The molecular weight excluding hydrogens is 430 g/mol. The molecular formula is C24H29NO6S. The molecule has 2 heterocycles. The van der Waals surface area contributed by atoms with Gasteiger partial charge in [0.1, 0.15) is 36.3 Å². The normalized spacial score (nSPS) is 25.9. The van der Waals surface area contributed by atoms with Crippen LogP contribution in [0.2, 0.25) is 0 Å². The van der Waals surface area contributed by atoms with Gasteiger partial charge < -0.3 is 29.9 Å². The first kappa shape index (κ1) is 23.1. The summed E-state index contributed by atoms with van der Waals surface area (Å²) in [5.74, 6) is 0.723. The van der Waals surface area contributed by atoms with Crippen molar-refractivity contribution in [1.82, 2.24) is 4.98 Å². The molecule has 1 fully saturated rings. The van der Waals surface area contributed by atoms with Gasteiger partial charge in [-0.1, -0.05) is 37.6 Å². The number of nitrogens with zero attached hydrogens (tertiary/aromatic N) is 1. The summed E-state index contributed by atoms with van der Waals surface area (Å²) in [5.41, 5.74) is 1.55. The SMILES string of the molecule is CCCc1cnc(Cc2cc([C@@H]3O[C@H](CO)[C@@H](O)[C@H](O)[C@H]3O)c3ccccc3c2OC)s1. The Morgan fingerprint density at radius 3 is 2.53 bits per heavy atom. The van der Waals surface area contributed by atoms with Gasteiger partial charge in [0.25, 0.3) is 0 Å². The summed E-state index contributed by atoms with van der Waals surface area (Å²) in [5, 5.41) is 43.5. The number of fused-ring (bicyclic) bond motifs is 1. The molecule has 1 aliphatic heterocycles. The molecule has 0 saturated carbocycles. The van der Waals surface area contributed by atoms with Gasteiger partial charge >= 0.3 is 0 Å². The number of aliphatic hydroxyl groups is 4. The van der Waals surface area contributed by atoms with E-state index in [0.717, 1.165) is 39.9 Å². The largest absolute Gasteiger partial charge is 0.496 e. The monoisotopic (exact) mass is 459 g/mol. The second-order valence-corrected chi connectivity index (χ2v) is 9.30. The van der Waals surface area contributed by atoms with Gasteiger partial charge in [-0.05, 0) is 23.4 Å². The maximum atomic E-state index is 10.7. The highest BCUT2D eigenvalue weighted by Crippen LogP contribution is 2.41. The van der Waals surface area contributed by atoms with Crippen LogP contribution < -0.4 is 4.74 Å². The topological polar surface area (TPSA) is 112 Å². The zero-order chi connectivity index (χ0) is 22.8. The molecule has 0 radical (unpaired) electrons. The van der Waals surface area contributed by atoms with Crippen LogP contribution in [0.25, 0.3) is 10.8 Å². The van der Waals surface area contributed by atoms with Gasteiger partial charge in [-0.25, -0.2) is 4.98 Å². The zero-order valence-electron chi connectivity index (χ0n) is 18.1. The van der Waals surface area contributed by atoms with Crippen molar-refractivity contribution in [2.24, 2.45) is 0 Å². The molecule has 0 spiro atoms. The van der Waals surface area contributed by atoms with Crippen LogP contribution in [-0.2, 0) is 17.6 Å². The average molecular weight is 460 g/mol. The first-order valence-corrected chi connectivity index (χ1v) is 11.6. The van der Waals surface area contributed by atoms with E-state index in [9.17, 15) is 20.4 Å². The van der Waals surface area contributed by atoms with Crippen LogP contribution in [0.5, 0.6) is 5.75 Å². The van der Waals surface area contributed by atoms with E-state index in [-0.39, 0.29) is 0 Å². The number of thiazole rings is 1. The van der Waals surface area contributed by atoms with Crippen molar-refractivity contribution in [3.05, 3.63) is 57.5 Å². The fourth-order valence-electron chi connectivity index (χ4n) is 4.36. The van der Waals surface area contributed by atoms with Crippen molar-refractivity contribution in [3.63, 3.8) is 0 Å². The molecule has 0 bridgehead atoms. The van der Waals surface area contributed by atoms with E-state index in [2.05, 4.69) is 11.9 Å². The van der Waals surface area contributed by atoms with E-state index < -0.39 is 37.1 Å². The van der Waals surface area contributed by atoms with E-state index in [1.807, 2.05) is 36.5 Å². The molecule has 0 amide bonds. The van der Waals surface area contributed by atoms with Crippen molar-refractivity contribution in [3.8, 4) is 5.75 Å². The Bertz CT molecular complexity index is 1070. The Labute approximate surface area is 190 Å². The van der Waals surface area contributed by atoms with Gasteiger partial charge in [0.2, 0.25) is 0 Å². The number of hydrogen-bond acceptors (Lipinski definition) is 8. The van der Waals surface area contributed by atoms with Crippen molar-refractivity contribution in [2.45, 2.75) is 56.7 Å². The second kappa shape index (κ2) is 9.82. The summed E-state index contributed by atoms with van der Waals surface area (Å²) >= 11 is 1.67. The van der Waals surface area contributed by atoms with E-state index in [4.69, 9.17) is 9.47 Å². The Hall–Kier alpha value is -2.07. The van der Waals surface area contributed by atoms with Crippen LogP contribution in [0.1, 0.15) is 40.5 Å². The highest BCUT2D eigenvalue weighted by atomic mass is 32.1. The van der Waals surface area contributed by atoms with E-state index in [1.165, 1.54) is 4.88 Å². The van der Waals surface area contributed by atoms with Crippen LogP contribution in [0.3, 0.4) is 0 Å². The number of aromatic nitrogens is 1. The third-order valence-corrected chi connectivity index (χ3v) is 7.00. The smallest absolute Gasteiger partial charge is 0.130 e. The summed E-state index contributed by atoms with van der Waals surface area (Å²) in [4.78, 5) is 5.80. The Kier molecular flexibility index (Phi) is 7.09. The summed E-state index contributed by atoms with van der Waals surface area (Å²) in [7, 11) is 1.63. The van der Waals surface area contributed by atoms with Crippen LogP contribution in [0.4, 0.5) is 0 Å². The van der Waals surface area contributed by atoms with Gasteiger partial charge in [0.05, 0.1) is 18.7 Å². The predicted molar refractivity (Wildman–Crippen MR) is 122 cm³/mol. The molecule has 1 saturated heterocycles. The quantitative estimate of drug-likeness (QED) is 0.429. The first-order chi connectivity index (χ1) is 15.5. The Balaban J connectivity index is 1.81. The molecule has 32 heavy (non-hydrogen) atoms. The maximum absolute atomic E-state index is 10.7.